The van der Waals surface area contributed by atoms with E-state index in [0.29, 0.717) is 42.3 Å². The van der Waals surface area contributed by atoms with E-state index in [9.17, 15) is 9.59 Å². The van der Waals surface area contributed by atoms with Gasteiger partial charge < -0.3 is 14.6 Å². The number of aromatic nitrogens is 5. The molecule has 33 heavy (non-hydrogen) atoms. The third-order valence-corrected chi connectivity index (χ3v) is 5.55. The number of hydrogen-bond acceptors (Lipinski definition) is 6. The minimum atomic E-state index is -0.394. The average Bonchev–Trinajstić information content (AvgIpc) is 3.54. The van der Waals surface area contributed by atoms with Crippen molar-refractivity contribution in [3.63, 3.8) is 0 Å². The van der Waals surface area contributed by atoms with Crippen molar-refractivity contribution in [2.24, 2.45) is 0 Å². The van der Waals surface area contributed by atoms with Gasteiger partial charge in [0.2, 0.25) is 5.91 Å². The van der Waals surface area contributed by atoms with Crippen molar-refractivity contribution in [3.05, 3.63) is 60.9 Å². The van der Waals surface area contributed by atoms with Crippen LogP contribution in [0, 0.1) is 0 Å². The Balaban J connectivity index is 1.37. The molecule has 0 saturated carbocycles. The number of amides is 2. The van der Waals surface area contributed by atoms with Crippen LogP contribution in [0.15, 0.2) is 59.5 Å². The summed E-state index contributed by atoms with van der Waals surface area (Å²) in [6.07, 6.45) is 8.16. The molecule has 0 aromatic carbocycles. The van der Waals surface area contributed by atoms with Gasteiger partial charge in [-0.3, -0.25) is 24.4 Å². The maximum absolute atomic E-state index is 12.9. The number of carbonyl (C=O) groups excluding carboxylic acids is 2. The van der Waals surface area contributed by atoms with Crippen molar-refractivity contribution in [3.8, 4) is 22.7 Å². The van der Waals surface area contributed by atoms with Crippen molar-refractivity contribution in [2.45, 2.75) is 25.8 Å². The molecule has 10 heteroatoms. The molecule has 0 bridgehead atoms. The second-order valence-corrected chi connectivity index (χ2v) is 7.89. The largest absolute Gasteiger partial charge is 0.451 e. The molecule has 0 spiro atoms. The molecule has 5 rings (SSSR count). The number of anilines is 1. The molecule has 2 N–H and O–H groups in total. The maximum Gasteiger partial charge on any atom is 0.291 e. The Morgan fingerprint density at radius 1 is 1.24 bits per heavy atom. The van der Waals surface area contributed by atoms with Gasteiger partial charge in [0.1, 0.15) is 11.5 Å². The second-order valence-electron chi connectivity index (χ2n) is 7.89. The Morgan fingerprint density at radius 2 is 2.12 bits per heavy atom. The van der Waals surface area contributed by atoms with E-state index in [-0.39, 0.29) is 17.7 Å². The highest BCUT2D eigenvalue weighted by molar-refractivity contribution is 6.04. The summed E-state index contributed by atoms with van der Waals surface area (Å²) in [7, 11) is 0. The average molecular weight is 445 g/mol. The number of likely N-dealkylation sites (tertiary alicyclic amines) is 1. The summed E-state index contributed by atoms with van der Waals surface area (Å²) in [5, 5.41) is 14.2. The van der Waals surface area contributed by atoms with Gasteiger partial charge in [-0.15, -0.1) is 0 Å². The predicted molar refractivity (Wildman–Crippen MR) is 120 cm³/mol. The molecule has 0 unspecified atom stereocenters. The summed E-state index contributed by atoms with van der Waals surface area (Å²) in [5.41, 5.74) is 2.48. The number of H-pyrrole nitrogens is 1. The molecule has 0 aliphatic carbocycles. The first-order valence-corrected chi connectivity index (χ1v) is 10.8. The van der Waals surface area contributed by atoms with Crippen LogP contribution in [-0.2, 0) is 4.79 Å². The third kappa shape index (κ3) is 4.14. The highest BCUT2D eigenvalue weighted by atomic mass is 16.4. The van der Waals surface area contributed by atoms with E-state index < -0.39 is 5.91 Å². The van der Waals surface area contributed by atoms with Gasteiger partial charge in [0.05, 0.1) is 29.2 Å². The van der Waals surface area contributed by atoms with E-state index in [1.807, 2.05) is 30.0 Å². The van der Waals surface area contributed by atoms with Crippen LogP contribution in [0.4, 0.5) is 5.69 Å². The van der Waals surface area contributed by atoms with Gasteiger partial charge in [-0.05, 0) is 30.7 Å². The van der Waals surface area contributed by atoms with Crippen LogP contribution in [0.1, 0.15) is 36.4 Å². The molecule has 1 aliphatic heterocycles. The summed E-state index contributed by atoms with van der Waals surface area (Å²) in [5.74, 6) is 0.479. The molecule has 4 aromatic rings. The molecule has 2 amide bonds. The number of nitrogens with zero attached hydrogens (tertiary/aromatic N) is 5. The van der Waals surface area contributed by atoms with Crippen LogP contribution < -0.4 is 5.32 Å². The topological polar surface area (TPSA) is 122 Å². The van der Waals surface area contributed by atoms with Crippen molar-refractivity contribution in [1.82, 2.24) is 29.9 Å². The Hall–Kier alpha value is -4.21. The molecule has 1 aliphatic rings. The Bertz CT molecular complexity index is 1250. The van der Waals surface area contributed by atoms with Crippen LogP contribution in [0.2, 0.25) is 0 Å². The lowest BCUT2D eigenvalue weighted by atomic mass is 10.1. The van der Waals surface area contributed by atoms with Gasteiger partial charge in [-0.2, -0.15) is 10.2 Å². The minimum Gasteiger partial charge on any atom is -0.451 e. The van der Waals surface area contributed by atoms with E-state index in [1.165, 1.54) is 0 Å². The van der Waals surface area contributed by atoms with Crippen molar-refractivity contribution >= 4 is 17.5 Å². The monoisotopic (exact) mass is 445 g/mol. The van der Waals surface area contributed by atoms with Crippen molar-refractivity contribution < 1.29 is 14.0 Å². The lowest BCUT2D eigenvalue weighted by Gasteiger charge is -2.39. The summed E-state index contributed by atoms with van der Waals surface area (Å²) in [6.45, 7) is 3.19. The first-order chi connectivity index (χ1) is 16.1. The lowest BCUT2D eigenvalue weighted by Crippen LogP contribution is -2.50. The third-order valence-electron chi connectivity index (χ3n) is 5.55. The summed E-state index contributed by atoms with van der Waals surface area (Å²) in [4.78, 5) is 31.2. The van der Waals surface area contributed by atoms with Gasteiger partial charge in [0.15, 0.2) is 5.76 Å². The number of rotatable bonds is 7. The number of furan rings is 1. The lowest BCUT2D eigenvalue weighted by molar-refractivity contribution is -0.137. The number of carbonyl (C=O) groups is 2. The normalized spacial score (nSPS) is 13.7. The second kappa shape index (κ2) is 8.73. The van der Waals surface area contributed by atoms with Gasteiger partial charge in [-0.25, -0.2) is 0 Å². The number of nitrogens with one attached hydrogen (secondary N) is 2. The molecule has 4 aromatic heterocycles. The van der Waals surface area contributed by atoms with Crippen LogP contribution in [0.25, 0.3) is 22.7 Å². The van der Waals surface area contributed by atoms with Crippen LogP contribution >= 0.6 is 0 Å². The Morgan fingerprint density at radius 3 is 2.85 bits per heavy atom. The number of aromatic amines is 1. The zero-order valence-corrected chi connectivity index (χ0v) is 18.1. The van der Waals surface area contributed by atoms with E-state index in [0.717, 1.165) is 12.0 Å². The van der Waals surface area contributed by atoms with Gasteiger partial charge >= 0.3 is 0 Å². The first-order valence-electron chi connectivity index (χ1n) is 10.8. The maximum atomic E-state index is 12.9. The fourth-order valence-corrected chi connectivity index (χ4v) is 3.75. The van der Waals surface area contributed by atoms with E-state index in [1.54, 1.807) is 41.6 Å². The Kier molecular flexibility index (Phi) is 5.47. The fraction of sp³-hybridized carbons (Fsp3) is 0.261. The molecule has 1 saturated heterocycles. The molecule has 10 nitrogen and oxygen atoms in total. The van der Waals surface area contributed by atoms with E-state index in [2.05, 4.69) is 20.5 Å². The van der Waals surface area contributed by atoms with Crippen molar-refractivity contribution in [2.75, 3.05) is 18.4 Å². The molecule has 0 radical (unpaired) electrons. The van der Waals surface area contributed by atoms with Crippen LogP contribution in [-0.4, -0.2) is 54.8 Å². The molecule has 0 atom stereocenters. The summed E-state index contributed by atoms with van der Waals surface area (Å²) < 4.78 is 7.50. The zero-order chi connectivity index (χ0) is 22.8. The molecule has 5 heterocycles. The number of hydrogen-bond donors (Lipinski definition) is 2. The number of pyridine rings is 1. The molecule has 168 valence electrons. The SMILES string of the molecule is CCCC(=O)N1CC(n2cc(NC(=O)c3ccc(-c4cn[nH]c4)o3)c(-c3ccccn3)n2)C1. The van der Waals surface area contributed by atoms with Gasteiger partial charge in [-0.1, -0.05) is 13.0 Å². The smallest absolute Gasteiger partial charge is 0.291 e. The van der Waals surface area contributed by atoms with Crippen molar-refractivity contribution in [1.29, 1.82) is 0 Å². The van der Waals surface area contributed by atoms with Crippen LogP contribution in [0.3, 0.4) is 0 Å². The summed E-state index contributed by atoms with van der Waals surface area (Å²) in [6, 6.07) is 8.91. The highest BCUT2D eigenvalue weighted by Crippen LogP contribution is 2.30. The van der Waals surface area contributed by atoms with E-state index >= 15 is 0 Å². The van der Waals surface area contributed by atoms with Gasteiger partial charge in [0.25, 0.3) is 5.91 Å². The first kappa shape index (κ1) is 20.7. The van der Waals surface area contributed by atoms with Gasteiger partial charge in [0, 0.05) is 38.1 Å². The summed E-state index contributed by atoms with van der Waals surface area (Å²) >= 11 is 0. The molecule has 1 fully saturated rings. The van der Waals surface area contributed by atoms with Crippen LogP contribution in [0.5, 0.6) is 0 Å². The standard InChI is InChI=1S/C23H23N7O3/c1-2-5-21(31)29-12-16(13-29)30-14-18(22(28-30)17-6-3-4-9-24-17)27-23(32)20-8-7-19(33-20)15-10-25-26-11-15/h3-4,6-11,14,16H,2,5,12-13H2,1H3,(H,25,26)(H,27,32). The zero-order valence-electron chi connectivity index (χ0n) is 18.1. The molecular formula is C23H23N7O3. The minimum absolute atomic E-state index is 0.0511. The predicted octanol–water partition coefficient (Wildman–Crippen LogP) is 3.36. The highest BCUT2D eigenvalue weighted by Gasteiger charge is 2.33. The quantitative estimate of drug-likeness (QED) is 0.450. The molecular weight excluding hydrogens is 422 g/mol. The Labute approximate surface area is 189 Å². The fourth-order valence-electron chi connectivity index (χ4n) is 3.75. The van der Waals surface area contributed by atoms with E-state index in [4.69, 9.17) is 9.52 Å².